The third-order valence-electron chi connectivity index (χ3n) is 10.1. The zero-order valence-corrected chi connectivity index (χ0v) is 27.6. The van der Waals surface area contributed by atoms with Gasteiger partial charge in [0, 0.05) is 39.0 Å². The molecule has 8 aromatic rings. The van der Waals surface area contributed by atoms with Crippen LogP contribution in [-0.4, -0.2) is 0 Å². The minimum absolute atomic E-state index is 0.151. The Hall–Kier alpha value is -6.12. The molecule has 7 aromatic carbocycles. The number of hydrogen-bond donors (Lipinski definition) is 0. The second-order valence-electron chi connectivity index (χ2n) is 13.4. The molecule has 0 saturated heterocycles. The Bertz CT molecular complexity index is 2340. The second kappa shape index (κ2) is 11.5. The van der Waals surface area contributed by atoms with Crippen molar-refractivity contribution < 1.29 is 4.42 Å². The first kappa shape index (κ1) is 29.1. The topological polar surface area (TPSA) is 16.4 Å². The van der Waals surface area contributed by atoms with Gasteiger partial charge in [0.2, 0.25) is 0 Å². The molecule has 0 atom stereocenters. The van der Waals surface area contributed by atoms with E-state index in [1.165, 1.54) is 55.5 Å². The van der Waals surface area contributed by atoms with Crippen molar-refractivity contribution in [3.8, 4) is 44.7 Å². The van der Waals surface area contributed by atoms with Crippen LogP contribution in [0.1, 0.15) is 25.0 Å². The van der Waals surface area contributed by atoms with E-state index >= 15 is 0 Å². The normalized spacial score (nSPS) is 12.9. The summed E-state index contributed by atoms with van der Waals surface area (Å²) in [7, 11) is 0. The van der Waals surface area contributed by atoms with Crippen molar-refractivity contribution in [2.75, 3.05) is 4.90 Å². The summed E-state index contributed by atoms with van der Waals surface area (Å²) < 4.78 is 6.59. The Morgan fingerprint density at radius 2 is 0.898 bits per heavy atom. The summed E-state index contributed by atoms with van der Waals surface area (Å²) in [5.41, 5.74) is 15.1. The van der Waals surface area contributed by atoms with Gasteiger partial charge in [-0.15, -0.1) is 0 Å². The van der Waals surface area contributed by atoms with Gasteiger partial charge in [0.1, 0.15) is 11.3 Å². The van der Waals surface area contributed by atoms with Crippen LogP contribution >= 0.6 is 0 Å². The van der Waals surface area contributed by atoms with Crippen molar-refractivity contribution in [3.63, 3.8) is 0 Å². The van der Waals surface area contributed by atoms with Gasteiger partial charge in [0.15, 0.2) is 0 Å². The lowest BCUT2D eigenvalue weighted by atomic mass is 9.81. The molecule has 0 amide bonds. The molecule has 1 aliphatic carbocycles. The summed E-state index contributed by atoms with van der Waals surface area (Å²) in [6.07, 6.45) is 0. The number of furan rings is 1. The smallest absolute Gasteiger partial charge is 0.140 e. The van der Waals surface area contributed by atoms with E-state index in [1.54, 1.807) is 0 Å². The molecule has 0 fully saturated rings. The summed E-state index contributed by atoms with van der Waals surface area (Å²) >= 11 is 0. The Kier molecular flexibility index (Phi) is 6.84. The molecule has 1 heterocycles. The largest absolute Gasteiger partial charge is 0.456 e. The van der Waals surface area contributed by atoms with Gasteiger partial charge in [-0.3, -0.25) is 0 Å². The Labute approximate surface area is 287 Å². The predicted molar refractivity (Wildman–Crippen MR) is 205 cm³/mol. The molecule has 2 nitrogen and oxygen atoms in total. The van der Waals surface area contributed by atoms with E-state index < -0.39 is 0 Å². The van der Waals surface area contributed by atoms with Gasteiger partial charge in [-0.25, -0.2) is 0 Å². The average molecular weight is 630 g/mol. The lowest BCUT2D eigenvalue weighted by Crippen LogP contribution is -2.14. The van der Waals surface area contributed by atoms with E-state index in [9.17, 15) is 0 Å². The van der Waals surface area contributed by atoms with Gasteiger partial charge in [0.05, 0.1) is 0 Å². The molecule has 1 aliphatic rings. The van der Waals surface area contributed by atoms with Crippen LogP contribution in [-0.2, 0) is 5.41 Å². The fourth-order valence-corrected chi connectivity index (χ4v) is 7.64. The van der Waals surface area contributed by atoms with E-state index in [2.05, 4.69) is 195 Å². The molecule has 0 radical (unpaired) electrons. The van der Waals surface area contributed by atoms with Crippen molar-refractivity contribution in [3.05, 3.63) is 187 Å². The van der Waals surface area contributed by atoms with Crippen LogP contribution in [0.15, 0.2) is 180 Å². The molecule has 0 bridgehead atoms. The highest BCUT2D eigenvalue weighted by Crippen LogP contribution is 2.55. The molecule has 49 heavy (non-hydrogen) atoms. The fourth-order valence-electron chi connectivity index (χ4n) is 7.64. The monoisotopic (exact) mass is 629 g/mol. The Morgan fingerprint density at radius 3 is 1.45 bits per heavy atom. The third kappa shape index (κ3) is 4.88. The van der Waals surface area contributed by atoms with Crippen LogP contribution < -0.4 is 4.90 Å². The highest BCUT2D eigenvalue weighted by Gasteiger charge is 2.41. The van der Waals surface area contributed by atoms with Crippen molar-refractivity contribution >= 4 is 28.0 Å². The maximum Gasteiger partial charge on any atom is 0.140 e. The van der Waals surface area contributed by atoms with Gasteiger partial charge >= 0.3 is 0 Å². The third-order valence-corrected chi connectivity index (χ3v) is 10.1. The van der Waals surface area contributed by atoms with Crippen molar-refractivity contribution in [2.45, 2.75) is 19.3 Å². The molecule has 0 aliphatic heterocycles. The van der Waals surface area contributed by atoms with Gasteiger partial charge < -0.3 is 9.32 Å². The molecule has 234 valence electrons. The number of hydrogen-bond acceptors (Lipinski definition) is 2. The summed E-state index contributed by atoms with van der Waals surface area (Å²) in [5, 5.41) is 1.20. The lowest BCUT2D eigenvalue weighted by molar-refractivity contribution is 0.619. The van der Waals surface area contributed by atoms with E-state index in [0.717, 1.165) is 28.4 Å². The maximum absolute atomic E-state index is 6.59. The molecule has 0 unspecified atom stereocenters. The van der Waals surface area contributed by atoms with Crippen LogP contribution in [0.5, 0.6) is 0 Å². The molecule has 0 spiro atoms. The number of para-hydroxylation sites is 1. The molecule has 0 N–H and O–H groups in total. The first-order valence-corrected chi connectivity index (χ1v) is 16.9. The number of benzene rings is 7. The zero-order valence-electron chi connectivity index (χ0n) is 27.6. The molecule has 9 rings (SSSR count). The second-order valence-corrected chi connectivity index (χ2v) is 13.4. The maximum atomic E-state index is 6.59. The minimum Gasteiger partial charge on any atom is -0.456 e. The Balaban J connectivity index is 1.13. The van der Waals surface area contributed by atoms with Crippen LogP contribution in [0, 0.1) is 0 Å². The SMILES string of the molecule is CC1(C)c2cccc(-c3ccc(N(c4ccc(-c5ccccc5)cc4)c4ccc(-c5ccccc5)cc4)cc3)c2-c2oc3ccccc3c21. The molecular formula is C47H35NO. The van der Waals surface area contributed by atoms with Crippen LogP contribution in [0.3, 0.4) is 0 Å². The number of anilines is 3. The first-order chi connectivity index (χ1) is 24.1. The van der Waals surface area contributed by atoms with E-state index in [1.807, 2.05) is 0 Å². The van der Waals surface area contributed by atoms with E-state index in [-0.39, 0.29) is 5.41 Å². The molecule has 0 saturated carbocycles. The van der Waals surface area contributed by atoms with E-state index in [4.69, 9.17) is 4.42 Å². The van der Waals surface area contributed by atoms with Gasteiger partial charge in [0.25, 0.3) is 0 Å². The number of fused-ring (bicyclic) bond motifs is 5. The Morgan fingerprint density at radius 1 is 0.429 bits per heavy atom. The van der Waals surface area contributed by atoms with E-state index in [0.29, 0.717) is 0 Å². The summed E-state index contributed by atoms with van der Waals surface area (Å²) in [5.74, 6) is 1.000. The standard InChI is InChI=1S/C47H35NO/c1-47(2)42-18-11-17-40(44(42)46-45(47)41-16-9-10-19-43(41)49-46)36-24-30-39(31-25-36)48(37-26-20-34(21-27-37)32-12-5-3-6-13-32)38-28-22-35(23-29-38)33-14-7-4-8-15-33/h3-31H,1-2H3. The predicted octanol–water partition coefficient (Wildman–Crippen LogP) is 13.2. The highest BCUT2D eigenvalue weighted by molar-refractivity contribution is 5.99. The van der Waals surface area contributed by atoms with Gasteiger partial charge in [-0.2, -0.15) is 0 Å². The lowest BCUT2D eigenvalue weighted by Gasteiger charge is -2.26. The van der Waals surface area contributed by atoms with Gasteiger partial charge in [-0.05, 0) is 81.4 Å². The summed E-state index contributed by atoms with van der Waals surface area (Å²) in [6, 6.07) is 62.9. The highest BCUT2D eigenvalue weighted by atomic mass is 16.3. The first-order valence-electron chi connectivity index (χ1n) is 16.9. The molecule has 2 heteroatoms. The average Bonchev–Trinajstić information content (AvgIpc) is 3.66. The van der Waals surface area contributed by atoms with Crippen LogP contribution in [0.4, 0.5) is 17.1 Å². The minimum atomic E-state index is -0.151. The fraction of sp³-hybridized carbons (Fsp3) is 0.0638. The summed E-state index contributed by atoms with van der Waals surface area (Å²) in [6.45, 7) is 4.63. The molecular weight excluding hydrogens is 595 g/mol. The zero-order chi connectivity index (χ0) is 33.0. The number of rotatable bonds is 6. The van der Waals surface area contributed by atoms with Crippen LogP contribution in [0.2, 0.25) is 0 Å². The molecule has 1 aromatic heterocycles. The van der Waals surface area contributed by atoms with Crippen LogP contribution in [0.25, 0.3) is 55.7 Å². The van der Waals surface area contributed by atoms with Gasteiger partial charge in [-0.1, -0.05) is 147 Å². The number of nitrogens with zero attached hydrogens (tertiary/aromatic N) is 1. The van der Waals surface area contributed by atoms with Crippen molar-refractivity contribution in [2.24, 2.45) is 0 Å². The van der Waals surface area contributed by atoms with Crippen molar-refractivity contribution in [1.29, 1.82) is 0 Å². The van der Waals surface area contributed by atoms with Crippen molar-refractivity contribution in [1.82, 2.24) is 0 Å². The summed E-state index contributed by atoms with van der Waals surface area (Å²) in [4.78, 5) is 2.34. The quantitative estimate of drug-likeness (QED) is 0.182.